The van der Waals surface area contributed by atoms with E-state index in [2.05, 4.69) is 31.8 Å². The number of rotatable bonds is 6. The van der Waals surface area contributed by atoms with Gasteiger partial charge in [0.15, 0.2) is 6.61 Å². The van der Waals surface area contributed by atoms with Crippen molar-refractivity contribution in [3.05, 3.63) is 48.2 Å². The van der Waals surface area contributed by atoms with Gasteiger partial charge in [0.1, 0.15) is 0 Å². The summed E-state index contributed by atoms with van der Waals surface area (Å²) in [5.74, 6) is -0.576. The molecule has 29 heavy (non-hydrogen) atoms. The van der Waals surface area contributed by atoms with E-state index in [0.29, 0.717) is 5.69 Å². The Labute approximate surface area is 167 Å². The van der Waals surface area contributed by atoms with Crippen molar-refractivity contribution < 1.29 is 22.7 Å². The van der Waals surface area contributed by atoms with Gasteiger partial charge < -0.3 is 19.9 Å². The van der Waals surface area contributed by atoms with Gasteiger partial charge in [0.05, 0.1) is 16.9 Å². The zero-order chi connectivity index (χ0) is 20.9. The second-order valence-corrected chi connectivity index (χ2v) is 6.68. The van der Waals surface area contributed by atoms with E-state index in [9.17, 15) is 18.0 Å². The third-order valence-corrected chi connectivity index (χ3v) is 4.69. The number of nitrogens with zero attached hydrogens (tertiary/aromatic N) is 3. The molecule has 0 saturated carbocycles. The van der Waals surface area contributed by atoms with Crippen molar-refractivity contribution in [1.82, 2.24) is 9.88 Å². The minimum Gasteiger partial charge on any atom is -0.468 e. The first-order valence-corrected chi connectivity index (χ1v) is 9.39. The van der Waals surface area contributed by atoms with E-state index in [1.54, 1.807) is 0 Å². The number of carbonyl (C=O) groups excluding carboxylic acids is 1. The van der Waals surface area contributed by atoms with Crippen LogP contribution in [-0.2, 0) is 0 Å². The third-order valence-electron chi connectivity index (χ3n) is 4.69. The summed E-state index contributed by atoms with van der Waals surface area (Å²) in [6, 6.07) is 10.2. The van der Waals surface area contributed by atoms with Gasteiger partial charge in [-0.05, 0) is 24.7 Å². The molecule has 0 radical (unpaired) electrons. The number of anilines is 2. The molecular weight excluding hydrogens is 385 g/mol. The fraction of sp³-hybridized carbons (Fsp3) is 0.400. The fourth-order valence-corrected chi connectivity index (χ4v) is 3.11. The number of para-hydroxylation sites is 2. The molecule has 1 saturated heterocycles. The number of carbonyl (C=O) groups is 1. The predicted octanol–water partition coefficient (Wildman–Crippen LogP) is 3.42. The number of amides is 1. The molecule has 0 bridgehead atoms. The van der Waals surface area contributed by atoms with Gasteiger partial charge >= 0.3 is 6.18 Å². The van der Waals surface area contributed by atoms with E-state index in [1.807, 2.05) is 24.3 Å². The van der Waals surface area contributed by atoms with Crippen LogP contribution in [0.4, 0.5) is 24.5 Å². The van der Waals surface area contributed by atoms with Crippen molar-refractivity contribution in [3.63, 3.8) is 0 Å². The maximum absolute atomic E-state index is 12.6. The fourth-order valence-electron chi connectivity index (χ4n) is 3.11. The molecule has 1 aromatic carbocycles. The van der Waals surface area contributed by atoms with E-state index >= 15 is 0 Å². The van der Waals surface area contributed by atoms with E-state index in [0.717, 1.165) is 38.4 Å². The van der Waals surface area contributed by atoms with Crippen LogP contribution < -0.4 is 15.0 Å². The molecule has 0 unspecified atom stereocenters. The Morgan fingerprint density at radius 3 is 2.48 bits per heavy atom. The lowest BCUT2D eigenvalue weighted by molar-refractivity contribution is -0.154. The molecule has 0 spiro atoms. The average molecular weight is 408 g/mol. The lowest BCUT2D eigenvalue weighted by atomic mass is 10.2. The van der Waals surface area contributed by atoms with Crippen LogP contribution in [0.5, 0.6) is 5.88 Å². The smallest absolute Gasteiger partial charge is 0.422 e. The summed E-state index contributed by atoms with van der Waals surface area (Å²) in [5.41, 5.74) is 1.85. The normalized spacial score (nSPS) is 15.2. The second-order valence-electron chi connectivity index (χ2n) is 6.68. The molecule has 1 N–H and O–H groups in total. The van der Waals surface area contributed by atoms with Crippen molar-refractivity contribution >= 4 is 17.3 Å². The standard InChI is InChI=1S/C20H23F3N4O2/c1-2-26-9-11-27(12-10-26)17-6-4-3-5-16(17)25-19(28)15-7-8-18(24-13-15)29-14-20(21,22)23/h3-8,13H,2,9-12,14H2,1H3,(H,25,28). The predicted molar refractivity (Wildman–Crippen MR) is 105 cm³/mol. The number of piperazine rings is 1. The van der Waals surface area contributed by atoms with Gasteiger partial charge in [0, 0.05) is 38.4 Å². The van der Waals surface area contributed by atoms with E-state index in [1.165, 1.54) is 18.3 Å². The zero-order valence-electron chi connectivity index (χ0n) is 16.1. The average Bonchev–Trinajstić information content (AvgIpc) is 2.72. The summed E-state index contributed by atoms with van der Waals surface area (Å²) in [6.07, 6.45) is -3.24. The molecule has 0 atom stereocenters. The highest BCUT2D eigenvalue weighted by Crippen LogP contribution is 2.27. The Morgan fingerprint density at radius 2 is 1.86 bits per heavy atom. The van der Waals surface area contributed by atoms with Gasteiger partial charge in [-0.2, -0.15) is 13.2 Å². The number of hydrogen-bond donors (Lipinski definition) is 1. The van der Waals surface area contributed by atoms with Gasteiger partial charge in [-0.15, -0.1) is 0 Å². The monoisotopic (exact) mass is 408 g/mol. The van der Waals surface area contributed by atoms with E-state index in [-0.39, 0.29) is 17.4 Å². The van der Waals surface area contributed by atoms with Gasteiger partial charge in [-0.25, -0.2) is 4.98 Å². The number of likely N-dealkylation sites (N-methyl/N-ethyl adjacent to an activating group) is 1. The van der Waals surface area contributed by atoms with Crippen LogP contribution in [0.3, 0.4) is 0 Å². The van der Waals surface area contributed by atoms with Gasteiger partial charge in [0.25, 0.3) is 5.91 Å². The lowest BCUT2D eigenvalue weighted by Gasteiger charge is -2.36. The number of benzene rings is 1. The van der Waals surface area contributed by atoms with Crippen LogP contribution in [-0.4, -0.2) is 61.3 Å². The quantitative estimate of drug-likeness (QED) is 0.794. The number of pyridine rings is 1. The van der Waals surface area contributed by atoms with Crippen molar-refractivity contribution in [2.45, 2.75) is 13.1 Å². The number of halogens is 3. The van der Waals surface area contributed by atoms with Crippen molar-refractivity contribution in [1.29, 1.82) is 0 Å². The summed E-state index contributed by atoms with van der Waals surface area (Å²) in [4.78, 5) is 20.9. The Hall–Kier alpha value is -2.81. The number of alkyl halides is 3. The first kappa shape index (κ1) is 20.9. The third kappa shape index (κ3) is 5.83. The Bertz CT molecular complexity index is 819. The maximum Gasteiger partial charge on any atom is 0.422 e. The molecule has 0 aliphatic carbocycles. The molecule has 2 heterocycles. The van der Waals surface area contributed by atoms with Crippen LogP contribution in [0.2, 0.25) is 0 Å². The number of hydrogen-bond acceptors (Lipinski definition) is 5. The van der Waals surface area contributed by atoms with Crippen LogP contribution in [0.1, 0.15) is 17.3 Å². The van der Waals surface area contributed by atoms with E-state index in [4.69, 9.17) is 0 Å². The van der Waals surface area contributed by atoms with Crippen molar-refractivity contribution in [3.8, 4) is 5.88 Å². The molecule has 1 fully saturated rings. The Balaban J connectivity index is 1.65. The SMILES string of the molecule is CCN1CCN(c2ccccc2NC(=O)c2ccc(OCC(F)(F)F)nc2)CC1. The summed E-state index contributed by atoms with van der Waals surface area (Å²) in [5, 5.41) is 2.87. The molecule has 156 valence electrons. The van der Waals surface area contributed by atoms with Crippen LogP contribution >= 0.6 is 0 Å². The number of ether oxygens (including phenoxy) is 1. The van der Waals surface area contributed by atoms with Crippen LogP contribution in [0, 0.1) is 0 Å². The Morgan fingerprint density at radius 1 is 1.14 bits per heavy atom. The number of aromatic nitrogens is 1. The van der Waals surface area contributed by atoms with Crippen LogP contribution in [0.15, 0.2) is 42.6 Å². The molecule has 3 rings (SSSR count). The summed E-state index contributed by atoms with van der Waals surface area (Å²) < 4.78 is 41.2. The molecule has 1 aromatic heterocycles. The molecule has 6 nitrogen and oxygen atoms in total. The summed E-state index contributed by atoms with van der Waals surface area (Å²) in [7, 11) is 0. The summed E-state index contributed by atoms with van der Waals surface area (Å²) >= 11 is 0. The highest BCUT2D eigenvalue weighted by Gasteiger charge is 2.28. The number of nitrogens with one attached hydrogen (secondary N) is 1. The minimum absolute atomic E-state index is 0.187. The minimum atomic E-state index is -4.44. The Kier molecular flexibility index (Phi) is 6.58. The molecule has 1 aliphatic rings. The lowest BCUT2D eigenvalue weighted by Crippen LogP contribution is -2.46. The van der Waals surface area contributed by atoms with Gasteiger partial charge in [-0.3, -0.25) is 4.79 Å². The van der Waals surface area contributed by atoms with Gasteiger partial charge in [-0.1, -0.05) is 19.1 Å². The summed E-state index contributed by atoms with van der Waals surface area (Å²) in [6.45, 7) is 5.38. The second kappa shape index (κ2) is 9.13. The molecular formula is C20H23F3N4O2. The topological polar surface area (TPSA) is 57.7 Å². The zero-order valence-corrected chi connectivity index (χ0v) is 16.1. The molecule has 2 aromatic rings. The van der Waals surface area contributed by atoms with Crippen LogP contribution in [0.25, 0.3) is 0 Å². The highest BCUT2D eigenvalue weighted by atomic mass is 19.4. The largest absolute Gasteiger partial charge is 0.468 e. The molecule has 1 aliphatic heterocycles. The molecule has 9 heteroatoms. The highest BCUT2D eigenvalue weighted by molar-refractivity contribution is 6.05. The van der Waals surface area contributed by atoms with Gasteiger partial charge in [0.2, 0.25) is 5.88 Å². The van der Waals surface area contributed by atoms with Crippen molar-refractivity contribution in [2.75, 3.05) is 49.5 Å². The first-order chi connectivity index (χ1) is 13.9. The van der Waals surface area contributed by atoms with Crippen molar-refractivity contribution in [2.24, 2.45) is 0 Å². The first-order valence-electron chi connectivity index (χ1n) is 9.39. The van der Waals surface area contributed by atoms with E-state index < -0.39 is 12.8 Å². The molecule has 1 amide bonds. The maximum atomic E-state index is 12.6.